The number of anilines is 1. The fourth-order valence-electron chi connectivity index (χ4n) is 4.00. The zero-order valence-electron chi connectivity index (χ0n) is 15.3. The Balaban J connectivity index is 1.42. The molecule has 1 unspecified atom stereocenters. The second-order valence-corrected chi connectivity index (χ2v) is 9.38. The maximum Gasteiger partial charge on any atom is 0.280 e. The van der Waals surface area contributed by atoms with Crippen molar-refractivity contribution in [2.24, 2.45) is 0 Å². The minimum atomic E-state index is -0.0176. The third kappa shape index (κ3) is 4.41. The number of hydrogen-bond donors (Lipinski definition) is 2. The molecular formula is C20H24N3O2S2+. The van der Waals surface area contributed by atoms with Gasteiger partial charge in [-0.25, -0.2) is 0 Å². The number of rotatable bonds is 7. The zero-order valence-corrected chi connectivity index (χ0v) is 16.9. The van der Waals surface area contributed by atoms with Gasteiger partial charge in [-0.15, -0.1) is 22.7 Å². The number of carbonyl (C=O) groups excluding carboxylic acids is 1. The number of carbonyl (C=O) groups is 1. The second-order valence-electron chi connectivity index (χ2n) is 7.24. The molecule has 1 amide bonds. The molecule has 2 atom stereocenters. The molecule has 2 aromatic heterocycles. The molecule has 1 aliphatic carbocycles. The summed E-state index contributed by atoms with van der Waals surface area (Å²) >= 11 is 3.31. The summed E-state index contributed by atoms with van der Waals surface area (Å²) in [5, 5.41) is 15.3. The first-order valence-electron chi connectivity index (χ1n) is 9.55. The molecule has 0 spiro atoms. The molecule has 7 heteroatoms. The molecule has 4 rings (SSSR count). The Labute approximate surface area is 167 Å². The van der Waals surface area contributed by atoms with Gasteiger partial charge in [0.05, 0.1) is 10.4 Å². The average Bonchev–Trinajstić information content (AvgIpc) is 3.40. The largest absolute Gasteiger partial charge is 0.372 e. The highest BCUT2D eigenvalue weighted by atomic mass is 32.1. The predicted octanol–water partition coefficient (Wildman–Crippen LogP) is 2.37. The molecule has 3 heterocycles. The number of aryl methyl sites for hydroxylation is 1. The normalized spacial score (nSPS) is 19.6. The Morgan fingerprint density at radius 3 is 3.07 bits per heavy atom. The van der Waals surface area contributed by atoms with E-state index in [4.69, 9.17) is 4.74 Å². The Morgan fingerprint density at radius 1 is 1.41 bits per heavy atom. The van der Waals surface area contributed by atoms with Crippen LogP contribution in [0.1, 0.15) is 40.1 Å². The lowest BCUT2D eigenvalue weighted by molar-refractivity contribution is -0.908. The monoisotopic (exact) mass is 402 g/mol. The van der Waals surface area contributed by atoms with Crippen LogP contribution in [0.3, 0.4) is 0 Å². The summed E-state index contributed by atoms with van der Waals surface area (Å²) in [6, 6.07) is 6.47. The van der Waals surface area contributed by atoms with E-state index in [-0.39, 0.29) is 12.0 Å². The molecule has 142 valence electrons. The van der Waals surface area contributed by atoms with Crippen molar-refractivity contribution in [1.82, 2.24) is 0 Å². The van der Waals surface area contributed by atoms with Gasteiger partial charge in [0.15, 0.2) is 6.54 Å². The van der Waals surface area contributed by atoms with Gasteiger partial charge in [-0.1, -0.05) is 6.07 Å². The smallest absolute Gasteiger partial charge is 0.280 e. The molecule has 0 bridgehead atoms. The topological polar surface area (TPSA) is 66.6 Å². The summed E-state index contributed by atoms with van der Waals surface area (Å²) in [7, 11) is 0. The number of nitrogens with one attached hydrogen (secondary N) is 2. The number of nitriles is 1. The maximum absolute atomic E-state index is 12.7. The Morgan fingerprint density at radius 2 is 2.33 bits per heavy atom. The van der Waals surface area contributed by atoms with Crippen LogP contribution in [0.25, 0.3) is 0 Å². The van der Waals surface area contributed by atoms with Crippen molar-refractivity contribution in [3.05, 3.63) is 38.4 Å². The molecule has 27 heavy (non-hydrogen) atoms. The van der Waals surface area contributed by atoms with E-state index >= 15 is 0 Å². The van der Waals surface area contributed by atoms with Crippen molar-refractivity contribution in [2.45, 2.75) is 44.8 Å². The lowest BCUT2D eigenvalue weighted by Gasteiger charge is -2.21. The highest BCUT2D eigenvalue weighted by Crippen LogP contribution is 2.38. The summed E-state index contributed by atoms with van der Waals surface area (Å²) in [5.41, 5.74) is 1.83. The Hall–Kier alpha value is -1.72. The minimum Gasteiger partial charge on any atom is -0.372 e. The highest BCUT2D eigenvalue weighted by molar-refractivity contribution is 7.16. The molecule has 0 radical (unpaired) electrons. The van der Waals surface area contributed by atoms with E-state index in [2.05, 4.69) is 28.9 Å². The fourth-order valence-corrected chi connectivity index (χ4v) is 6.03. The van der Waals surface area contributed by atoms with E-state index in [9.17, 15) is 10.1 Å². The first-order chi connectivity index (χ1) is 13.2. The van der Waals surface area contributed by atoms with Crippen LogP contribution in [0, 0.1) is 11.3 Å². The first-order valence-corrected chi connectivity index (χ1v) is 11.2. The summed E-state index contributed by atoms with van der Waals surface area (Å²) in [4.78, 5) is 16.5. The van der Waals surface area contributed by atoms with Crippen molar-refractivity contribution in [2.75, 3.05) is 25.0 Å². The summed E-state index contributed by atoms with van der Waals surface area (Å²) in [6.45, 7) is 2.90. The lowest BCUT2D eigenvalue weighted by atomic mass is 10.1. The minimum absolute atomic E-state index is 0.0176. The van der Waals surface area contributed by atoms with Crippen LogP contribution in [0.4, 0.5) is 5.00 Å². The van der Waals surface area contributed by atoms with Crippen LogP contribution in [0.2, 0.25) is 0 Å². The van der Waals surface area contributed by atoms with Gasteiger partial charge >= 0.3 is 0 Å². The Bertz CT molecular complexity index is 832. The molecule has 2 N–H and O–H groups in total. The highest BCUT2D eigenvalue weighted by Gasteiger charge is 2.26. The van der Waals surface area contributed by atoms with Crippen LogP contribution in [0.15, 0.2) is 17.5 Å². The van der Waals surface area contributed by atoms with Crippen molar-refractivity contribution >= 4 is 33.6 Å². The predicted molar refractivity (Wildman–Crippen MR) is 107 cm³/mol. The molecule has 0 aromatic carbocycles. The van der Waals surface area contributed by atoms with Gasteiger partial charge in [-0.2, -0.15) is 5.26 Å². The van der Waals surface area contributed by atoms with Gasteiger partial charge in [-0.05, 0) is 49.1 Å². The van der Waals surface area contributed by atoms with E-state index < -0.39 is 0 Å². The van der Waals surface area contributed by atoms with E-state index in [1.807, 2.05) is 0 Å². The van der Waals surface area contributed by atoms with Crippen molar-refractivity contribution in [1.29, 1.82) is 5.26 Å². The molecular weight excluding hydrogens is 378 g/mol. The quantitative estimate of drug-likeness (QED) is 0.747. The molecule has 1 saturated heterocycles. The zero-order chi connectivity index (χ0) is 18.6. The van der Waals surface area contributed by atoms with Crippen molar-refractivity contribution in [3.63, 3.8) is 0 Å². The molecule has 1 fully saturated rings. The number of hydrogen-bond acceptors (Lipinski definition) is 5. The molecule has 0 saturated carbocycles. The number of fused-ring (bicyclic) bond motifs is 1. The standard InChI is InChI=1S/C20H23N3O2S2/c21-10-17-16-6-1-7-18(16)27-20(17)22-19(24)13-23(11-14-4-2-8-25-14)12-15-5-3-9-26-15/h3,5,9,14H,1-2,4,6-8,11-13H2,(H,22,24)/p+1/t14-/m1/s1. The van der Waals surface area contributed by atoms with E-state index in [1.54, 1.807) is 22.7 Å². The van der Waals surface area contributed by atoms with Crippen LogP contribution in [-0.2, 0) is 28.9 Å². The Kier molecular flexibility index (Phi) is 5.89. The number of nitrogens with zero attached hydrogens (tertiary/aromatic N) is 1. The summed E-state index contributed by atoms with van der Waals surface area (Å²) in [6.07, 6.45) is 5.53. The van der Waals surface area contributed by atoms with Gasteiger partial charge in [0, 0.05) is 11.5 Å². The molecule has 1 aliphatic heterocycles. The van der Waals surface area contributed by atoms with Crippen molar-refractivity contribution in [3.8, 4) is 6.07 Å². The van der Waals surface area contributed by atoms with Crippen molar-refractivity contribution < 1.29 is 14.4 Å². The van der Waals surface area contributed by atoms with Gasteiger partial charge < -0.3 is 15.0 Å². The van der Waals surface area contributed by atoms with Gasteiger partial charge in [-0.3, -0.25) is 4.79 Å². The van der Waals surface area contributed by atoms with E-state index in [0.29, 0.717) is 12.1 Å². The van der Waals surface area contributed by atoms with Gasteiger partial charge in [0.1, 0.15) is 30.3 Å². The molecule has 2 aliphatic rings. The van der Waals surface area contributed by atoms with E-state index in [1.165, 1.54) is 14.7 Å². The number of thiophene rings is 2. The summed E-state index contributed by atoms with van der Waals surface area (Å²) < 4.78 is 5.79. The third-order valence-electron chi connectivity index (χ3n) is 5.24. The van der Waals surface area contributed by atoms with Gasteiger partial charge in [0.2, 0.25) is 0 Å². The number of amides is 1. The third-order valence-corrected chi connectivity index (χ3v) is 7.32. The van der Waals surface area contributed by atoms with E-state index in [0.717, 1.165) is 62.4 Å². The van der Waals surface area contributed by atoms with Gasteiger partial charge in [0.25, 0.3) is 5.91 Å². The maximum atomic E-state index is 12.7. The molecule has 5 nitrogen and oxygen atoms in total. The SMILES string of the molecule is N#Cc1c(NC(=O)C[NH+](Cc2cccs2)C[C@H]2CCCO2)sc2c1CCC2. The number of ether oxygens (including phenoxy) is 1. The first kappa shape index (κ1) is 18.6. The second kappa shape index (κ2) is 8.53. The van der Waals surface area contributed by atoms with Crippen LogP contribution >= 0.6 is 22.7 Å². The number of quaternary nitrogens is 1. The average molecular weight is 403 g/mol. The summed E-state index contributed by atoms with van der Waals surface area (Å²) in [5.74, 6) is -0.0176. The van der Waals surface area contributed by atoms with Crippen LogP contribution < -0.4 is 10.2 Å². The van der Waals surface area contributed by atoms with Crippen LogP contribution in [-0.4, -0.2) is 31.7 Å². The molecule has 2 aromatic rings. The fraction of sp³-hybridized carbons (Fsp3) is 0.500. The lowest BCUT2D eigenvalue weighted by Crippen LogP contribution is -3.12. The van der Waals surface area contributed by atoms with Crippen LogP contribution in [0.5, 0.6) is 0 Å².